The molecule has 1 aliphatic rings. The SMILES string of the molecule is COCCCNCc1ccc(N2CCNCC2)c(OC)c1. The van der Waals surface area contributed by atoms with Crippen molar-refractivity contribution in [2.75, 3.05) is 58.5 Å². The number of hydrogen-bond acceptors (Lipinski definition) is 5. The molecule has 1 aromatic rings. The average Bonchev–Trinajstić information content (AvgIpc) is 2.55. The molecule has 0 amide bonds. The molecule has 5 nitrogen and oxygen atoms in total. The Balaban J connectivity index is 1.92. The third kappa shape index (κ3) is 4.88. The molecule has 118 valence electrons. The molecule has 0 atom stereocenters. The van der Waals surface area contributed by atoms with Crippen LogP contribution in [0, 0.1) is 0 Å². The van der Waals surface area contributed by atoms with E-state index < -0.39 is 0 Å². The fourth-order valence-corrected chi connectivity index (χ4v) is 2.57. The fourth-order valence-electron chi connectivity index (χ4n) is 2.57. The Bertz CT molecular complexity index is 420. The van der Waals surface area contributed by atoms with Crippen molar-refractivity contribution in [1.82, 2.24) is 10.6 Å². The molecule has 1 aromatic carbocycles. The molecule has 21 heavy (non-hydrogen) atoms. The quantitative estimate of drug-likeness (QED) is 0.706. The number of benzene rings is 1. The maximum atomic E-state index is 5.57. The van der Waals surface area contributed by atoms with Gasteiger partial charge in [0, 0.05) is 46.4 Å². The number of rotatable bonds is 8. The molecule has 5 heteroatoms. The van der Waals surface area contributed by atoms with Crippen molar-refractivity contribution in [3.05, 3.63) is 23.8 Å². The Morgan fingerprint density at radius 3 is 2.76 bits per heavy atom. The van der Waals surface area contributed by atoms with Crippen LogP contribution in [0.2, 0.25) is 0 Å². The molecular weight excluding hydrogens is 266 g/mol. The van der Waals surface area contributed by atoms with Gasteiger partial charge in [-0.2, -0.15) is 0 Å². The van der Waals surface area contributed by atoms with Gasteiger partial charge >= 0.3 is 0 Å². The average molecular weight is 293 g/mol. The highest BCUT2D eigenvalue weighted by molar-refractivity contribution is 5.60. The summed E-state index contributed by atoms with van der Waals surface area (Å²) in [5.74, 6) is 0.966. The summed E-state index contributed by atoms with van der Waals surface area (Å²) in [6.45, 7) is 6.77. The highest BCUT2D eigenvalue weighted by Crippen LogP contribution is 2.29. The topological polar surface area (TPSA) is 45.8 Å². The van der Waals surface area contributed by atoms with Crippen LogP contribution in [-0.4, -0.2) is 53.6 Å². The Morgan fingerprint density at radius 2 is 2.05 bits per heavy atom. The minimum absolute atomic E-state index is 0.804. The molecular formula is C16H27N3O2. The van der Waals surface area contributed by atoms with E-state index >= 15 is 0 Å². The number of piperazine rings is 1. The Labute approximate surface area is 127 Å². The second-order valence-electron chi connectivity index (χ2n) is 5.27. The molecule has 1 heterocycles. The van der Waals surface area contributed by atoms with Crippen molar-refractivity contribution in [3.8, 4) is 5.75 Å². The van der Waals surface area contributed by atoms with E-state index in [-0.39, 0.29) is 0 Å². The van der Waals surface area contributed by atoms with Crippen LogP contribution in [0.15, 0.2) is 18.2 Å². The summed E-state index contributed by atoms with van der Waals surface area (Å²) in [4.78, 5) is 2.38. The predicted molar refractivity (Wildman–Crippen MR) is 86.3 cm³/mol. The Hall–Kier alpha value is -1.30. The van der Waals surface area contributed by atoms with Gasteiger partial charge in [-0.05, 0) is 30.7 Å². The number of nitrogens with one attached hydrogen (secondary N) is 2. The molecule has 0 bridgehead atoms. The standard InChI is InChI=1S/C16H27N3O2/c1-20-11-3-6-18-13-14-4-5-15(16(12-14)21-2)19-9-7-17-8-10-19/h4-5,12,17-18H,3,6-11,13H2,1-2H3. The molecule has 1 saturated heterocycles. The van der Waals surface area contributed by atoms with Gasteiger partial charge in [0.2, 0.25) is 0 Å². The highest BCUT2D eigenvalue weighted by atomic mass is 16.5. The molecule has 2 rings (SSSR count). The molecule has 1 fully saturated rings. The second-order valence-corrected chi connectivity index (χ2v) is 5.27. The maximum absolute atomic E-state index is 5.57. The first-order valence-electron chi connectivity index (χ1n) is 7.67. The summed E-state index contributed by atoms with van der Waals surface area (Å²) in [5.41, 5.74) is 2.45. The van der Waals surface area contributed by atoms with Crippen LogP contribution >= 0.6 is 0 Å². The van der Waals surface area contributed by atoms with Crippen molar-refractivity contribution in [3.63, 3.8) is 0 Å². The van der Waals surface area contributed by atoms with Gasteiger partial charge < -0.3 is 25.0 Å². The predicted octanol–water partition coefficient (Wildman–Crippen LogP) is 1.23. The van der Waals surface area contributed by atoms with E-state index in [1.807, 2.05) is 0 Å². The Kier molecular flexibility index (Phi) is 6.79. The minimum Gasteiger partial charge on any atom is -0.495 e. The molecule has 0 unspecified atom stereocenters. The highest BCUT2D eigenvalue weighted by Gasteiger charge is 2.14. The molecule has 0 saturated carbocycles. The number of hydrogen-bond donors (Lipinski definition) is 2. The van der Waals surface area contributed by atoms with Crippen molar-refractivity contribution in [2.45, 2.75) is 13.0 Å². The zero-order chi connectivity index (χ0) is 14.9. The lowest BCUT2D eigenvalue weighted by atomic mass is 10.1. The molecule has 0 spiro atoms. The summed E-state index contributed by atoms with van der Waals surface area (Å²) >= 11 is 0. The van der Waals surface area contributed by atoms with Crippen LogP contribution in [0.25, 0.3) is 0 Å². The first-order chi connectivity index (χ1) is 10.3. The van der Waals surface area contributed by atoms with Crippen LogP contribution in [-0.2, 0) is 11.3 Å². The monoisotopic (exact) mass is 293 g/mol. The van der Waals surface area contributed by atoms with Gasteiger partial charge in [0.15, 0.2) is 0 Å². The summed E-state index contributed by atoms with van der Waals surface area (Å²) in [7, 11) is 3.48. The van der Waals surface area contributed by atoms with Gasteiger partial charge in [-0.1, -0.05) is 6.07 Å². The Morgan fingerprint density at radius 1 is 1.24 bits per heavy atom. The van der Waals surface area contributed by atoms with E-state index in [2.05, 4.69) is 33.7 Å². The van der Waals surface area contributed by atoms with Crippen molar-refractivity contribution in [1.29, 1.82) is 0 Å². The minimum atomic E-state index is 0.804. The van der Waals surface area contributed by atoms with E-state index in [9.17, 15) is 0 Å². The van der Waals surface area contributed by atoms with E-state index in [0.29, 0.717) is 0 Å². The second kappa shape index (κ2) is 8.87. The summed E-state index contributed by atoms with van der Waals surface area (Å²) in [6, 6.07) is 6.50. The van der Waals surface area contributed by atoms with Crippen LogP contribution in [0.4, 0.5) is 5.69 Å². The fraction of sp³-hybridized carbons (Fsp3) is 0.625. The first kappa shape index (κ1) is 16.1. The number of ether oxygens (including phenoxy) is 2. The van der Waals surface area contributed by atoms with Gasteiger partial charge in [-0.15, -0.1) is 0 Å². The van der Waals surface area contributed by atoms with Gasteiger partial charge in [0.25, 0.3) is 0 Å². The van der Waals surface area contributed by atoms with Crippen LogP contribution in [0.5, 0.6) is 5.75 Å². The lowest BCUT2D eigenvalue weighted by Crippen LogP contribution is -2.43. The number of methoxy groups -OCH3 is 2. The van der Waals surface area contributed by atoms with E-state index in [4.69, 9.17) is 9.47 Å². The lowest BCUT2D eigenvalue weighted by molar-refractivity contribution is 0.194. The zero-order valence-electron chi connectivity index (χ0n) is 13.2. The number of nitrogens with zero attached hydrogens (tertiary/aromatic N) is 1. The third-order valence-corrected chi connectivity index (χ3v) is 3.73. The first-order valence-corrected chi connectivity index (χ1v) is 7.67. The van der Waals surface area contributed by atoms with E-state index in [1.54, 1.807) is 14.2 Å². The van der Waals surface area contributed by atoms with Crippen molar-refractivity contribution >= 4 is 5.69 Å². The lowest BCUT2D eigenvalue weighted by Gasteiger charge is -2.30. The molecule has 0 radical (unpaired) electrons. The molecule has 0 aromatic heterocycles. The van der Waals surface area contributed by atoms with Gasteiger partial charge in [0.1, 0.15) is 5.75 Å². The van der Waals surface area contributed by atoms with Gasteiger partial charge in [-0.25, -0.2) is 0 Å². The summed E-state index contributed by atoms with van der Waals surface area (Å²) in [5, 5.41) is 6.80. The van der Waals surface area contributed by atoms with Crippen LogP contribution in [0.1, 0.15) is 12.0 Å². The zero-order valence-corrected chi connectivity index (χ0v) is 13.2. The van der Waals surface area contributed by atoms with Gasteiger partial charge in [-0.3, -0.25) is 0 Å². The maximum Gasteiger partial charge on any atom is 0.142 e. The van der Waals surface area contributed by atoms with Crippen molar-refractivity contribution < 1.29 is 9.47 Å². The van der Waals surface area contributed by atoms with E-state index in [0.717, 1.165) is 58.0 Å². The van der Waals surface area contributed by atoms with Gasteiger partial charge in [0.05, 0.1) is 12.8 Å². The summed E-state index contributed by atoms with van der Waals surface area (Å²) in [6.07, 6.45) is 1.03. The largest absolute Gasteiger partial charge is 0.495 e. The molecule has 2 N–H and O–H groups in total. The third-order valence-electron chi connectivity index (χ3n) is 3.73. The van der Waals surface area contributed by atoms with E-state index in [1.165, 1.54) is 11.3 Å². The van der Waals surface area contributed by atoms with Crippen LogP contribution in [0.3, 0.4) is 0 Å². The van der Waals surface area contributed by atoms with Crippen LogP contribution < -0.4 is 20.3 Å². The number of anilines is 1. The van der Waals surface area contributed by atoms with Crippen molar-refractivity contribution in [2.24, 2.45) is 0 Å². The molecule has 1 aliphatic heterocycles. The smallest absolute Gasteiger partial charge is 0.142 e. The molecule has 0 aliphatic carbocycles. The normalized spacial score (nSPS) is 15.2. The summed E-state index contributed by atoms with van der Waals surface area (Å²) < 4.78 is 10.6.